The van der Waals surface area contributed by atoms with Crippen LogP contribution in [0.4, 0.5) is 0 Å². The number of aryl methyl sites for hydroxylation is 2. The molecule has 0 saturated carbocycles. The van der Waals surface area contributed by atoms with Crippen LogP contribution in [0.5, 0.6) is 5.75 Å². The Labute approximate surface area is 113 Å². The smallest absolute Gasteiger partial charge is 0.122 e. The summed E-state index contributed by atoms with van der Waals surface area (Å²) in [6.07, 6.45) is 3.34. The van der Waals surface area contributed by atoms with Gasteiger partial charge in [-0.2, -0.15) is 0 Å². The molecule has 0 fully saturated rings. The molecular formula is C15H20N2O2. The standard InChI is InChI=1S/C15H20N2O2/c1-3-19-14-7-6-12(9-11(14)2)13-10-16-15(17-13)5-4-8-18/h6-7,9-10,18H,3-5,8H2,1-2H3,(H,16,17). The molecule has 2 N–H and O–H groups in total. The number of hydrogen-bond acceptors (Lipinski definition) is 3. The summed E-state index contributed by atoms with van der Waals surface area (Å²) >= 11 is 0. The van der Waals surface area contributed by atoms with Crippen LogP contribution < -0.4 is 4.74 Å². The largest absolute Gasteiger partial charge is 0.494 e. The number of aromatic amines is 1. The maximum Gasteiger partial charge on any atom is 0.122 e. The molecule has 2 aromatic rings. The number of ether oxygens (including phenoxy) is 1. The first-order valence-electron chi connectivity index (χ1n) is 6.63. The number of nitrogens with one attached hydrogen (secondary N) is 1. The molecule has 4 nitrogen and oxygen atoms in total. The second-order valence-corrected chi connectivity index (χ2v) is 4.48. The highest BCUT2D eigenvalue weighted by Gasteiger charge is 2.06. The molecule has 0 spiro atoms. The first kappa shape index (κ1) is 13.6. The Bertz CT molecular complexity index is 535. The van der Waals surface area contributed by atoms with Crippen LogP contribution >= 0.6 is 0 Å². The van der Waals surface area contributed by atoms with Gasteiger partial charge in [0.1, 0.15) is 11.6 Å². The second-order valence-electron chi connectivity index (χ2n) is 4.48. The number of aliphatic hydroxyl groups excluding tert-OH is 1. The number of imidazole rings is 1. The minimum atomic E-state index is 0.193. The van der Waals surface area contributed by atoms with Gasteiger partial charge in [0.15, 0.2) is 0 Å². The zero-order chi connectivity index (χ0) is 13.7. The molecule has 0 aliphatic carbocycles. The number of H-pyrrole nitrogens is 1. The van der Waals surface area contributed by atoms with Gasteiger partial charge in [-0.05, 0) is 44.0 Å². The predicted molar refractivity (Wildman–Crippen MR) is 75.3 cm³/mol. The lowest BCUT2D eigenvalue weighted by molar-refractivity contribution is 0.287. The normalized spacial score (nSPS) is 10.7. The zero-order valence-corrected chi connectivity index (χ0v) is 11.4. The number of aliphatic hydroxyl groups is 1. The molecule has 0 bridgehead atoms. The van der Waals surface area contributed by atoms with Gasteiger partial charge in [-0.25, -0.2) is 4.98 Å². The molecule has 2 rings (SSSR count). The molecular weight excluding hydrogens is 240 g/mol. The summed E-state index contributed by atoms with van der Waals surface area (Å²) in [6.45, 7) is 4.89. The fraction of sp³-hybridized carbons (Fsp3) is 0.400. The number of hydrogen-bond donors (Lipinski definition) is 2. The number of rotatable bonds is 6. The van der Waals surface area contributed by atoms with E-state index in [4.69, 9.17) is 9.84 Å². The van der Waals surface area contributed by atoms with E-state index in [2.05, 4.69) is 16.0 Å². The number of nitrogens with zero attached hydrogens (tertiary/aromatic N) is 1. The van der Waals surface area contributed by atoms with Gasteiger partial charge in [0.2, 0.25) is 0 Å². The van der Waals surface area contributed by atoms with Gasteiger partial charge in [0.25, 0.3) is 0 Å². The average molecular weight is 260 g/mol. The van der Waals surface area contributed by atoms with Gasteiger partial charge < -0.3 is 14.8 Å². The molecule has 19 heavy (non-hydrogen) atoms. The van der Waals surface area contributed by atoms with Crippen LogP contribution in [0, 0.1) is 6.92 Å². The molecule has 0 amide bonds. The van der Waals surface area contributed by atoms with Crippen LogP contribution in [0.1, 0.15) is 24.7 Å². The maximum absolute atomic E-state index is 8.81. The Morgan fingerprint density at radius 1 is 1.37 bits per heavy atom. The summed E-state index contributed by atoms with van der Waals surface area (Å²) in [5.74, 6) is 1.84. The number of aromatic nitrogens is 2. The quantitative estimate of drug-likeness (QED) is 0.839. The topological polar surface area (TPSA) is 58.1 Å². The minimum absolute atomic E-state index is 0.193. The molecule has 4 heteroatoms. The van der Waals surface area contributed by atoms with Gasteiger partial charge >= 0.3 is 0 Å². The summed E-state index contributed by atoms with van der Waals surface area (Å²) < 4.78 is 5.53. The van der Waals surface area contributed by atoms with Crippen molar-refractivity contribution in [3.63, 3.8) is 0 Å². The van der Waals surface area contributed by atoms with E-state index in [0.29, 0.717) is 6.61 Å². The Hall–Kier alpha value is -1.81. The lowest BCUT2D eigenvalue weighted by atomic mass is 10.1. The van der Waals surface area contributed by atoms with Crippen molar-refractivity contribution in [1.29, 1.82) is 0 Å². The van der Waals surface area contributed by atoms with Crippen LogP contribution in [0.25, 0.3) is 11.3 Å². The Morgan fingerprint density at radius 2 is 2.21 bits per heavy atom. The average Bonchev–Trinajstić information content (AvgIpc) is 2.88. The highest BCUT2D eigenvalue weighted by atomic mass is 16.5. The van der Waals surface area contributed by atoms with Gasteiger partial charge in [0.05, 0.1) is 18.5 Å². The zero-order valence-electron chi connectivity index (χ0n) is 11.4. The number of benzene rings is 1. The van der Waals surface area contributed by atoms with Crippen molar-refractivity contribution in [3.05, 3.63) is 35.8 Å². The molecule has 0 radical (unpaired) electrons. The van der Waals surface area contributed by atoms with Crippen molar-refractivity contribution in [3.8, 4) is 17.0 Å². The van der Waals surface area contributed by atoms with E-state index in [1.807, 2.05) is 32.2 Å². The van der Waals surface area contributed by atoms with E-state index in [1.165, 1.54) is 0 Å². The fourth-order valence-electron chi connectivity index (χ4n) is 2.02. The molecule has 1 aromatic carbocycles. The molecule has 0 atom stereocenters. The Balaban J connectivity index is 2.17. The van der Waals surface area contributed by atoms with Gasteiger partial charge in [-0.1, -0.05) is 0 Å². The van der Waals surface area contributed by atoms with Crippen molar-refractivity contribution in [2.24, 2.45) is 0 Å². The first-order chi connectivity index (χ1) is 9.24. The van der Waals surface area contributed by atoms with E-state index in [1.54, 1.807) is 0 Å². The summed E-state index contributed by atoms with van der Waals surface area (Å²) in [6, 6.07) is 6.11. The van der Waals surface area contributed by atoms with Crippen molar-refractivity contribution in [2.45, 2.75) is 26.7 Å². The second kappa shape index (κ2) is 6.38. The SMILES string of the molecule is CCOc1ccc(-c2cnc(CCCO)[nH]2)cc1C. The minimum Gasteiger partial charge on any atom is -0.494 e. The van der Waals surface area contributed by atoms with E-state index in [-0.39, 0.29) is 6.61 Å². The van der Waals surface area contributed by atoms with Crippen LogP contribution in [-0.2, 0) is 6.42 Å². The molecule has 1 aromatic heterocycles. The highest BCUT2D eigenvalue weighted by molar-refractivity contribution is 5.61. The van der Waals surface area contributed by atoms with Gasteiger partial charge in [0, 0.05) is 18.6 Å². The third-order valence-corrected chi connectivity index (χ3v) is 2.99. The Kier molecular flexibility index (Phi) is 4.58. The molecule has 102 valence electrons. The molecule has 0 saturated heterocycles. The van der Waals surface area contributed by atoms with Crippen molar-refractivity contribution < 1.29 is 9.84 Å². The monoisotopic (exact) mass is 260 g/mol. The molecule has 0 aliphatic heterocycles. The third-order valence-electron chi connectivity index (χ3n) is 2.99. The van der Waals surface area contributed by atoms with Crippen LogP contribution in [0.3, 0.4) is 0 Å². The summed E-state index contributed by atoms with van der Waals surface area (Å²) in [5, 5.41) is 8.81. The van der Waals surface area contributed by atoms with E-state index < -0.39 is 0 Å². The van der Waals surface area contributed by atoms with E-state index in [9.17, 15) is 0 Å². The molecule has 0 unspecified atom stereocenters. The van der Waals surface area contributed by atoms with E-state index >= 15 is 0 Å². The lowest BCUT2D eigenvalue weighted by Gasteiger charge is -2.08. The van der Waals surface area contributed by atoms with Crippen molar-refractivity contribution in [2.75, 3.05) is 13.2 Å². The van der Waals surface area contributed by atoms with Crippen LogP contribution in [-0.4, -0.2) is 28.3 Å². The third kappa shape index (κ3) is 3.35. The fourth-order valence-corrected chi connectivity index (χ4v) is 2.02. The first-order valence-corrected chi connectivity index (χ1v) is 6.63. The van der Waals surface area contributed by atoms with Crippen LogP contribution in [0.15, 0.2) is 24.4 Å². The lowest BCUT2D eigenvalue weighted by Crippen LogP contribution is -1.94. The summed E-state index contributed by atoms with van der Waals surface area (Å²) in [4.78, 5) is 7.60. The maximum atomic E-state index is 8.81. The molecule has 1 heterocycles. The van der Waals surface area contributed by atoms with Gasteiger partial charge in [-0.15, -0.1) is 0 Å². The highest BCUT2D eigenvalue weighted by Crippen LogP contribution is 2.25. The predicted octanol–water partition coefficient (Wildman–Crippen LogP) is 2.71. The van der Waals surface area contributed by atoms with Crippen LogP contribution in [0.2, 0.25) is 0 Å². The van der Waals surface area contributed by atoms with Crippen molar-refractivity contribution >= 4 is 0 Å². The van der Waals surface area contributed by atoms with Gasteiger partial charge in [-0.3, -0.25) is 0 Å². The van der Waals surface area contributed by atoms with Crippen molar-refractivity contribution in [1.82, 2.24) is 9.97 Å². The summed E-state index contributed by atoms with van der Waals surface area (Å²) in [7, 11) is 0. The Morgan fingerprint density at radius 3 is 2.89 bits per heavy atom. The summed E-state index contributed by atoms with van der Waals surface area (Å²) in [5.41, 5.74) is 3.22. The molecule has 0 aliphatic rings. The van der Waals surface area contributed by atoms with E-state index in [0.717, 1.165) is 41.2 Å².